The fraction of sp³-hybridized carbons (Fsp3) is 0.643. The number of methoxy groups -OCH3 is 3. The lowest BCUT2D eigenvalue weighted by Crippen LogP contribution is -2.42. The van der Waals surface area contributed by atoms with E-state index in [1.54, 1.807) is 20.3 Å². The van der Waals surface area contributed by atoms with E-state index in [1.807, 2.05) is 4.90 Å². The number of esters is 1. The Balaban J connectivity index is 2.25. The summed E-state index contributed by atoms with van der Waals surface area (Å²) < 4.78 is 15.1. The summed E-state index contributed by atoms with van der Waals surface area (Å²) in [5.41, 5.74) is 0. The van der Waals surface area contributed by atoms with Crippen LogP contribution in [-0.4, -0.2) is 49.9 Å². The fourth-order valence-electron chi connectivity index (χ4n) is 2.48. The molecule has 1 aliphatic rings. The normalized spacial score (nSPS) is 18.2. The quantitative estimate of drug-likeness (QED) is 0.760. The number of carbonyl (C=O) groups is 1. The highest BCUT2D eigenvalue weighted by Crippen LogP contribution is 2.27. The Kier molecular flexibility index (Phi) is 5.19. The molecule has 7 nitrogen and oxygen atoms in total. The van der Waals surface area contributed by atoms with Gasteiger partial charge in [-0.1, -0.05) is 0 Å². The Morgan fingerprint density at radius 3 is 2.48 bits per heavy atom. The number of ether oxygens (including phenoxy) is 3. The molecule has 0 amide bonds. The molecule has 0 aliphatic carbocycles. The van der Waals surface area contributed by atoms with Gasteiger partial charge in [0.05, 0.1) is 33.8 Å². The summed E-state index contributed by atoms with van der Waals surface area (Å²) in [5.74, 6) is 1.19. The first-order valence-corrected chi connectivity index (χ1v) is 6.98. The molecular weight excluding hydrogens is 274 g/mol. The standard InChI is InChI=1S/C14H21N3O4/c1-19-11-9-12(20-2)16-14(15-11)17-7-5-4-6-10(17)8-13(18)21-3/h9-10H,4-8H2,1-3H3. The highest BCUT2D eigenvalue weighted by Gasteiger charge is 2.27. The highest BCUT2D eigenvalue weighted by atomic mass is 16.5. The summed E-state index contributed by atoms with van der Waals surface area (Å²) in [6.45, 7) is 0.804. The molecule has 0 spiro atoms. The molecule has 0 radical (unpaired) electrons. The van der Waals surface area contributed by atoms with Gasteiger partial charge in [0.2, 0.25) is 17.7 Å². The first-order valence-electron chi connectivity index (χ1n) is 6.98. The molecule has 0 bridgehead atoms. The van der Waals surface area contributed by atoms with E-state index in [-0.39, 0.29) is 12.0 Å². The van der Waals surface area contributed by atoms with Crippen LogP contribution in [0.5, 0.6) is 11.8 Å². The van der Waals surface area contributed by atoms with E-state index in [0.717, 1.165) is 25.8 Å². The van der Waals surface area contributed by atoms with Crippen molar-refractivity contribution in [3.63, 3.8) is 0 Å². The fourth-order valence-corrected chi connectivity index (χ4v) is 2.48. The van der Waals surface area contributed by atoms with Crippen LogP contribution in [0.3, 0.4) is 0 Å². The number of aromatic nitrogens is 2. The van der Waals surface area contributed by atoms with Gasteiger partial charge in [-0.25, -0.2) is 0 Å². The first-order chi connectivity index (χ1) is 10.2. The van der Waals surface area contributed by atoms with E-state index >= 15 is 0 Å². The van der Waals surface area contributed by atoms with Gasteiger partial charge in [0, 0.05) is 12.6 Å². The van der Waals surface area contributed by atoms with Crippen molar-refractivity contribution >= 4 is 11.9 Å². The van der Waals surface area contributed by atoms with Gasteiger partial charge in [0.25, 0.3) is 0 Å². The zero-order valence-electron chi connectivity index (χ0n) is 12.7. The van der Waals surface area contributed by atoms with Crippen LogP contribution in [0.1, 0.15) is 25.7 Å². The van der Waals surface area contributed by atoms with Crippen molar-refractivity contribution in [2.45, 2.75) is 31.7 Å². The minimum Gasteiger partial charge on any atom is -0.481 e. The minimum absolute atomic E-state index is 0.0445. The molecule has 0 N–H and O–H groups in total. The molecule has 1 fully saturated rings. The number of nitrogens with zero attached hydrogens (tertiary/aromatic N) is 3. The van der Waals surface area contributed by atoms with Crippen LogP contribution in [0.2, 0.25) is 0 Å². The molecule has 2 heterocycles. The van der Waals surface area contributed by atoms with E-state index in [2.05, 4.69) is 9.97 Å². The van der Waals surface area contributed by atoms with Crippen molar-refractivity contribution in [2.75, 3.05) is 32.8 Å². The topological polar surface area (TPSA) is 73.8 Å². The average Bonchev–Trinajstić information content (AvgIpc) is 2.54. The maximum atomic E-state index is 11.6. The van der Waals surface area contributed by atoms with E-state index in [0.29, 0.717) is 24.1 Å². The third-order valence-corrected chi connectivity index (χ3v) is 3.60. The lowest BCUT2D eigenvalue weighted by molar-refractivity contribution is -0.141. The van der Waals surface area contributed by atoms with Crippen LogP contribution >= 0.6 is 0 Å². The smallest absolute Gasteiger partial charge is 0.307 e. The molecule has 21 heavy (non-hydrogen) atoms. The van der Waals surface area contributed by atoms with Crippen LogP contribution in [0, 0.1) is 0 Å². The second kappa shape index (κ2) is 7.10. The lowest BCUT2D eigenvalue weighted by Gasteiger charge is -2.35. The monoisotopic (exact) mass is 295 g/mol. The summed E-state index contributed by atoms with van der Waals surface area (Å²) >= 11 is 0. The van der Waals surface area contributed by atoms with Gasteiger partial charge in [0.15, 0.2) is 0 Å². The van der Waals surface area contributed by atoms with Crippen molar-refractivity contribution < 1.29 is 19.0 Å². The van der Waals surface area contributed by atoms with E-state index in [1.165, 1.54) is 7.11 Å². The van der Waals surface area contributed by atoms with Crippen LogP contribution in [0.25, 0.3) is 0 Å². The molecule has 2 rings (SSSR count). The number of hydrogen-bond acceptors (Lipinski definition) is 7. The number of hydrogen-bond donors (Lipinski definition) is 0. The molecule has 116 valence electrons. The van der Waals surface area contributed by atoms with Crippen LogP contribution in [0.4, 0.5) is 5.95 Å². The van der Waals surface area contributed by atoms with Gasteiger partial charge >= 0.3 is 5.97 Å². The minimum atomic E-state index is -0.221. The first kappa shape index (κ1) is 15.3. The number of rotatable bonds is 5. The molecule has 1 aromatic heterocycles. The predicted octanol–water partition coefficient (Wildman–Crippen LogP) is 1.42. The zero-order valence-corrected chi connectivity index (χ0v) is 12.7. The van der Waals surface area contributed by atoms with Gasteiger partial charge in [-0.15, -0.1) is 0 Å². The SMILES string of the molecule is COC(=O)CC1CCCCN1c1nc(OC)cc(OC)n1. The van der Waals surface area contributed by atoms with E-state index in [4.69, 9.17) is 14.2 Å². The summed E-state index contributed by atoms with van der Waals surface area (Å²) in [6.07, 6.45) is 3.37. The number of piperidine rings is 1. The van der Waals surface area contributed by atoms with Crippen molar-refractivity contribution in [3.8, 4) is 11.8 Å². The predicted molar refractivity (Wildman–Crippen MR) is 76.8 cm³/mol. The molecule has 1 saturated heterocycles. The van der Waals surface area contributed by atoms with Gasteiger partial charge in [-0.2, -0.15) is 9.97 Å². The van der Waals surface area contributed by atoms with Crippen LogP contribution < -0.4 is 14.4 Å². The Labute approximate surface area is 124 Å². The summed E-state index contributed by atoms with van der Waals surface area (Å²) in [5, 5.41) is 0. The van der Waals surface area contributed by atoms with Crippen LogP contribution in [-0.2, 0) is 9.53 Å². The molecule has 0 aromatic carbocycles. The summed E-state index contributed by atoms with van der Waals surface area (Å²) in [4.78, 5) is 22.3. The lowest BCUT2D eigenvalue weighted by atomic mass is 10.00. The van der Waals surface area contributed by atoms with Crippen molar-refractivity contribution in [1.29, 1.82) is 0 Å². The Morgan fingerprint density at radius 1 is 1.24 bits per heavy atom. The number of carbonyl (C=O) groups excluding carboxylic acids is 1. The largest absolute Gasteiger partial charge is 0.481 e. The second-order valence-corrected chi connectivity index (χ2v) is 4.88. The average molecular weight is 295 g/mol. The van der Waals surface area contributed by atoms with Gasteiger partial charge < -0.3 is 19.1 Å². The van der Waals surface area contributed by atoms with Crippen molar-refractivity contribution in [2.24, 2.45) is 0 Å². The van der Waals surface area contributed by atoms with E-state index in [9.17, 15) is 4.79 Å². The third-order valence-electron chi connectivity index (χ3n) is 3.60. The van der Waals surface area contributed by atoms with E-state index < -0.39 is 0 Å². The molecule has 7 heteroatoms. The van der Waals surface area contributed by atoms with Crippen molar-refractivity contribution in [3.05, 3.63) is 6.07 Å². The van der Waals surface area contributed by atoms with Crippen LogP contribution in [0.15, 0.2) is 6.07 Å². The molecule has 1 aliphatic heterocycles. The molecular formula is C14H21N3O4. The molecule has 1 aromatic rings. The van der Waals surface area contributed by atoms with Crippen molar-refractivity contribution in [1.82, 2.24) is 9.97 Å². The maximum Gasteiger partial charge on any atom is 0.307 e. The maximum absolute atomic E-state index is 11.6. The third kappa shape index (κ3) is 3.74. The van der Waals surface area contributed by atoms with Gasteiger partial charge in [-0.3, -0.25) is 4.79 Å². The second-order valence-electron chi connectivity index (χ2n) is 4.88. The summed E-state index contributed by atoms with van der Waals surface area (Å²) in [7, 11) is 4.50. The van der Waals surface area contributed by atoms with Gasteiger partial charge in [-0.05, 0) is 19.3 Å². The van der Waals surface area contributed by atoms with Gasteiger partial charge in [0.1, 0.15) is 0 Å². The molecule has 1 unspecified atom stereocenters. The zero-order chi connectivity index (χ0) is 15.2. The molecule has 1 atom stereocenters. The number of anilines is 1. The Morgan fingerprint density at radius 2 is 1.90 bits per heavy atom. The highest BCUT2D eigenvalue weighted by molar-refractivity contribution is 5.70. The Hall–Kier alpha value is -2.05. The Bertz CT molecular complexity index is 473. The summed E-state index contributed by atoms with van der Waals surface area (Å²) in [6, 6.07) is 1.67. The molecule has 0 saturated carbocycles.